The summed E-state index contributed by atoms with van der Waals surface area (Å²) in [6.45, 7) is 0. The van der Waals surface area contributed by atoms with Gasteiger partial charge in [0.1, 0.15) is 11.3 Å². The third kappa shape index (κ3) is 4.51. The summed E-state index contributed by atoms with van der Waals surface area (Å²) in [7, 11) is -3.73. The van der Waals surface area contributed by atoms with Gasteiger partial charge in [-0.15, -0.1) is 0 Å². The number of aromatic carboxylic acids is 1. The Labute approximate surface area is 160 Å². The first-order valence-electron chi connectivity index (χ1n) is 8.01. The smallest absolute Gasteiger partial charge is 0.339 e. The third-order valence-corrected chi connectivity index (χ3v) is 5.06. The molecule has 28 heavy (non-hydrogen) atoms. The van der Waals surface area contributed by atoms with Gasteiger partial charge in [0, 0.05) is 5.69 Å². The molecule has 8 nitrogen and oxygen atoms in total. The molecule has 0 atom stereocenters. The number of sulfonamides is 1. The Hall–Kier alpha value is -3.72. The maximum atomic E-state index is 12.4. The topological polar surface area (TPSA) is 128 Å². The average molecular weight is 397 g/mol. The summed E-state index contributed by atoms with van der Waals surface area (Å²) in [5, 5.41) is 26.3. The van der Waals surface area contributed by atoms with Crippen molar-refractivity contribution in [3.05, 3.63) is 78.4 Å². The van der Waals surface area contributed by atoms with Crippen molar-refractivity contribution in [2.24, 2.45) is 10.2 Å². The van der Waals surface area contributed by atoms with Crippen molar-refractivity contribution in [1.29, 1.82) is 0 Å². The van der Waals surface area contributed by atoms with Crippen LogP contribution in [0.15, 0.2) is 87.9 Å². The highest BCUT2D eigenvalue weighted by molar-refractivity contribution is 7.92. The molecular formula is C19H15N3O5S. The molecule has 0 aliphatic rings. The van der Waals surface area contributed by atoms with Crippen molar-refractivity contribution in [3.63, 3.8) is 0 Å². The summed E-state index contributed by atoms with van der Waals surface area (Å²) >= 11 is 0. The number of nitrogens with zero attached hydrogens (tertiary/aromatic N) is 2. The summed E-state index contributed by atoms with van der Waals surface area (Å²) in [6, 6.07) is 18.0. The fourth-order valence-corrected chi connectivity index (χ4v) is 3.34. The van der Waals surface area contributed by atoms with Crippen LogP contribution in [-0.2, 0) is 10.0 Å². The van der Waals surface area contributed by atoms with Crippen LogP contribution >= 0.6 is 0 Å². The van der Waals surface area contributed by atoms with Gasteiger partial charge in [0.15, 0.2) is 0 Å². The molecule has 0 amide bonds. The van der Waals surface area contributed by atoms with Gasteiger partial charge in [-0.2, -0.15) is 10.2 Å². The lowest BCUT2D eigenvalue weighted by Gasteiger charge is -2.07. The molecule has 0 saturated heterocycles. The minimum Gasteiger partial charge on any atom is -0.507 e. The largest absolute Gasteiger partial charge is 0.507 e. The lowest BCUT2D eigenvalue weighted by Crippen LogP contribution is -2.12. The van der Waals surface area contributed by atoms with Crippen LogP contribution in [0.5, 0.6) is 5.75 Å². The quantitative estimate of drug-likeness (QED) is 0.534. The number of para-hydroxylation sites is 1. The van der Waals surface area contributed by atoms with Crippen LogP contribution < -0.4 is 4.72 Å². The van der Waals surface area contributed by atoms with Crippen LogP contribution in [0.25, 0.3) is 0 Å². The Bertz CT molecular complexity index is 1130. The molecule has 3 N–H and O–H groups in total. The van der Waals surface area contributed by atoms with Gasteiger partial charge in [-0.3, -0.25) is 4.72 Å². The molecule has 9 heteroatoms. The molecule has 0 aliphatic carbocycles. The monoisotopic (exact) mass is 397 g/mol. The van der Waals surface area contributed by atoms with E-state index in [0.29, 0.717) is 11.4 Å². The summed E-state index contributed by atoms with van der Waals surface area (Å²) in [5.74, 6) is -1.65. The molecule has 0 aliphatic heterocycles. The molecule has 0 heterocycles. The molecular weight excluding hydrogens is 382 g/mol. The molecule has 0 aromatic heterocycles. The predicted molar refractivity (Wildman–Crippen MR) is 103 cm³/mol. The summed E-state index contributed by atoms with van der Waals surface area (Å²) < 4.78 is 27.2. The van der Waals surface area contributed by atoms with Crippen molar-refractivity contribution >= 4 is 33.1 Å². The van der Waals surface area contributed by atoms with Crippen molar-refractivity contribution in [1.82, 2.24) is 0 Å². The molecule has 3 aromatic carbocycles. The second-order valence-corrected chi connectivity index (χ2v) is 7.35. The Morgan fingerprint density at radius 3 is 2.11 bits per heavy atom. The lowest BCUT2D eigenvalue weighted by molar-refractivity contribution is 0.0693. The number of benzene rings is 3. The zero-order valence-electron chi connectivity index (χ0n) is 14.4. The normalized spacial score (nSPS) is 11.4. The predicted octanol–water partition coefficient (Wildman–Crippen LogP) is 4.31. The van der Waals surface area contributed by atoms with E-state index in [4.69, 9.17) is 5.11 Å². The minimum absolute atomic E-state index is 0.0631. The highest BCUT2D eigenvalue weighted by Crippen LogP contribution is 2.26. The fourth-order valence-electron chi connectivity index (χ4n) is 2.29. The first-order valence-corrected chi connectivity index (χ1v) is 9.49. The standard InChI is InChI=1S/C19H15N3O5S/c23-18-11-8-15(12-17(18)19(24)25)21-20-13-6-9-16(10-7-13)28(26,27)22-14-4-2-1-3-5-14/h1-12,22-23H,(H,24,25). The van der Waals surface area contributed by atoms with Crippen LogP contribution in [0.3, 0.4) is 0 Å². The van der Waals surface area contributed by atoms with E-state index in [0.717, 1.165) is 0 Å². The molecule has 3 rings (SSSR count). The van der Waals surface area contributed by atoms with E-state index in [9.17, 15) is 18.3 Å². The van der Waals surface area contributed by atoms with Crippen LogP contribution in [0.2, 0.25) is 0 Å². The van der Waals surface area contributed by atoms with E-state index in [1.54, 1.807) is 30.3 Å². The highest BCUT2D eigenvalue weighted by atomic mass is 32.2. The SMILES string of the molecule is O=C(O)c1cc(N=Nc2ccc(S(=O)(=O)Nc3ccccc3)cc2)ccc1O. The molecule has 3 aromatic rings. The minimum atomic E-state index is -3.73. The number of anilines is 1. The van der Waals surface area contributed by atoms with E-state index in [1.165, 1.54) is 42.5 Å². The van der Waals surface area contributed by atoms with Gasteiger partial charge in [-0.25, -0.2) is 13.2 Å². The Morgan fingerprint density at radius 1 is 0.857 bits per heavy atom. The molecule has 142 valence electrons. The summed E-state index contributed by atoms with van der Waals surface area (Å²) in [4.78, 5) is 11.1. The number of rotatable bonds is 6. The molecule has 0 radical (unpaired) electrons. The van der Waals surface area contributed by atoms with E-state index in [2.05, 4.69) is 15.0 Å². The van der Waals surface area contributed by atoms with Crippen LogP contribution in [0, 0.1) is 0 Å². The number of nitrogens with one attached hydrogen (secondary N) is 1. The Kier molecular flexibility index (Phi) is 5.37. The van der Waals surface area contributed by atoms with E-state index < -0.39 is 16.0 Å². The van der Waals surface area contributed by atoms with Gasteiger partial charge < -0.3 is 10.2 Å². The first-order chi connectivity index (χ1) is 13.3. The van der Waals surface area contributed by atoms with Gasteiger partial charge in [0.05, 0.1) is 16.3 Å². The van der Waals surface area contributed by atoms with Crippen LogP contribution in [0.1, 0.15) is 10.4 Å². The van der Waals surface area contributed by atoms with Gasteiger partial charge in [-0.05, 0) is 54.6 Å². The van der Waals surface area contributed by atoms with Crippen LogP contribution in [-0.4, -0.2) is 24.6 Å². The number of phenols is 1. The second-order valence-electron chi connectivity index (χ2n) is 5.67. The van der Waals surface area contributed by atoms with E-state index >= 15 is 0 Å². The van der Waals surface area contributed by atoms with Crippen molar-refractivity contribution in [3.8, 4) is 5.75 Å². The van der Waals surface area contributed by atoms with Gasteiger partial charge >= 0.3 is 5.97 Å². The van der Waals surface area contributed by atoms with Crippen molar-refractivity contribution in [2.75, 3.05) is 4.72 Å². The second kappa shape index (κ2) is 7.89. The first kappa shape index (κ1) is 19.1. The van der Waals surface area contributed by atoms with Gasteiger partial charge in [-0.1, -0.05) is 18.2 Å². The van der Waals surface area contributed by atoms with Crippen molar-refractivity contribution in [2.45, 2.75) is 4.90 Å². The molecule has 0 saturated carbocycles. The average Bonchev–Trinajstić information content (AvgIpc) is 2.68. The zero-order valence-corrected chi connectivity index (χ0v) is 15.2. The number of azo groups is 1. The van der Waals surface area contributed by atoms with Gasteiger partial charge in [0.25, 0.3) is 10.0 Å². The van der Waals surface area contributed by atoms with Crippen LogP contribution in [0.4, 0.5) is 17.1 Å². The number of hydrogen-bond donors (Lipinski definition) is 3. The molecule has 0 bridgehead atoms. The van der Waals surface area contributed by atoms with Crippen molar-refractivity contribution < 1.29 is 23.4 Å². The number of aromatic hydroxyl groups is 1. The maximum Gasteiger partial charge on any atom is 0.339 e. The molecule has 0 fully saturated rings. The number of carboxylic acid groups (broad SMARTS) is 1. The number of carboxylic acids is 1. The van der Waals surface area contributed by atoms with E-state index in [1.807, 2.05) is 0 Å². The highest BCUT2D eigenvalue weighted by Gasteiger charge is 2.14. The fraction of sp³-hybridized carbons (Fsp3) is 0. The Balaban J connectivity index is 1.77. The van der Waals surface area contributed by atoms with E-state index in [-0.39, 0.29) is 21.9 Å². The number of hydrogen-bond acceptors (Lipinski definition) is 6. The third-order valence-electron chi connectivity index (χ3n) is 3.66. The maximum absolute atomic E-state index is 12.4. The zero-order chi connectivity index (χ0) is 20.1. The lowest BCUT2D eigenvalue weighted by atomic mass is 10.2. The Morgan fingerprint density at radius 2 is 1.46 bits per heavy atom. The summed E-state index contributed by atoms with van der Waals surface area (Å²) in [6.07, 6.45) is 0. The summed E-state index contributed by atoms with van der Waals surface area (Å²) in [5.41, 5.74) is 0.777. The molecule has 0 spiro atoms. The molecule has 0 unspecified atom stereocenters. The van der Waals surface area contributed by atoms with Gasteiger partial charge in [0.2, 0.25) is 0 Å². The number of carbonyl (C=O) groups is 1.